The molecule has 7 heteroatoms. The molecular formula is C26H28ClN3O2S. The summed E-state index contributed by atoms with van der Waals surface area (Å²) in [6.45, 7) is 2.34. The van der Waals surface area contributed by atoms with Crippen LogP contribution in [0, 0.1) is 0 Å². The number of nitrogens with zero attached hydrogens (tertiary/aromatic N) is 3. The normalized spacial score (nSPS) is 16.4. The average molecular weight is 482 g/mol. The Hall–Kier alpha value is -2.96. The molecule has 0 saturated carbocycles. The summed E-state index contributed by atoms with van der Waals surface area (Å²) >= 11 is 1.70. The van der Waals surface area contributed by atoms with Crippen molar-refractivity contribution in [2.75, 3.05) is 24.2 Å². The second-order valence-electron chi connectivity index (χ2n) is 7.60. The van der Waals surface area contributed by atoms with E-state index in [4.69, 9.17) is 9.73 Å². The van der Waals surface area contributed by atoms with Crippen LogP contribution in [-0.2, 0) is 11.2 Å². The van der Waals surface area contributed by atoms with Gasteiger partial charge in [-0.25, -0.2) is 0 Å². The Bertz CT molecular complexity index is 1060. The van der Waals surface area contributed by atoms with Crippen LogP contribution in [0.5, 0.6) is 11.5 Å². The van der Waals surface area contributed by atoms with Gasteiger partial charge in [-0.15, -0.1) is 12.4 Å². The highest BCUT2D eigenvalue weighted by Crippen LogP contribution is 2.31. The monoisotopic (exact) mass is 481 g/mol. The van der Waals surface area contributed by atoms with E-state index in [1.807, 2.05) is 72.6 Å². The topological polar surface area (TPSA) is 45.1 Å². The largest absolute Gasteiger partial charge is 0.457 e. The first-order valence-electron chi connectivity index (χ1n) is 10.7. The third kappa shape index (κ3) is 6.30. The summed E-state index contributed by atoms with van der Waals surface area (Å²) in [6.07, 6.45) is 0.830. The van der Waals surface area contributed by atoms with Gasteiger partial charge in [0.2, 0.25) is 5.91 Å². The number of para-hydroxylation sites is 1. The molecule has 3 aromatic rings. The van der Waals surface area contributed by atoms with Crippen molar-refractivity contribution >= 4 is 40.9 Å². The van der Waals surface area contributed by atoms with Crippen molar-refractivity contribution in [1.82, 2.24) is 4.90 Å². The lowest BCUT2D eigenvalue weighted by Gasteiger charge is -2.32. The third-order valence-electron chi connectivity index (χ3n) is 5.33. The first-order chi connectivity index (χ1) is 15.6. The molecular weight excluding hydrogens is 454 g/mol. The van der Waals surface area contributed by atoms with Gasteiger partial charge in [-0.3, -0.25) is 14.7 Å². The first kappa shape index (κ1) is 24.7. The molecule has 3 aromatic carbocycles. The van der Waals surface area contributed by atoms with E-state index in [2.05, 4.69) is 29.2 Å². The minimum Gasteiger partial charge on any atom is -0.457 e. The zero-order valence-corrected chi connectivity index (χ0v) is 20.4. The Kier molecular flexibility index (Phi) is 8.80. The second kappa shape index (κ2) is 11.8. The second-order valence-corrected chi connectivity index (χ2v) is 8.59. The van der Waals surface area contributed by atoms with Crippen LogP contribution in [0.3, 0.4) is 0 Å². The number of amides is 1. The number of amidine groups is 1. The summed E-state index contributed by atoms with van der Waals surface area (Å²) in [5, 5.41) is 0.973. The molecule has 1 aliphatic rings. The van der Waals surface area contributed by atoms with E-state index >= 15 is 0 Å². The van der Waals surface area contributed by atoms with Gasteiger partial charge in [0.15, 0.2) is 5.17 Å². The Morgan fingerprint density at radius 3 is 2.24 bits per heavy atom. The van der Waals surface area contributed by atoms with E-state index < -0.39 is 0 Å². The van der Waals surface area contributed by atoms with Gasteiger partial charge in [-0.05, 0) is 48.4 Å². The van der Waals surface area contributed by atoms with Gasteiger partial charge in [0.1, 0.15) is 17.7 Å². The fraction of sp³-hybridized carbons (Fsp3) is 0.231. The molecule has 0 radical (unpaired) electrons. The van der Waals surface area contributed by atoms with E-state index in [0.717, 1.165) is 41.1 Å². The number of hydrogen-bond donors (Lipinski definition) is 0. The number of carbonyl (C=O) groups excluding carboxylic acids is 1. The number of aliphatic imine (C=N–C) groups is 1. The standard InChI is InChI=1S/C26H27N3O2S.ClH/c1-20(30)29(22-13-15-24(16-14-22)31-23-11-7-4-8-12-23)25-19-32-26(28(25)2)27-18-17-21-9-5-3-6-10-21;/h3-16,25H,17-19H2,1-2H3;1H. The van der Waals surface area contributed by atoms with Crippen LogP contribution in [0.1, 0.15) is 12.5 Å². The van der Waals surface area contributed by atoms with Gasteiger partial charge in [-0.1, -0.05) is 60.3 Å². The summed E-state index contributed by atoms with van der Waals surface area (Å²) < 4.78 is 5.88. The van der Waals surface area contributed by atoms with Gasteiger partial charge < -0.3 is 9.64 Å². The molecule has 1 heterocycles. The molecule has 1 unspecified atom stereocenters. The van der Waals surface area contributed by atoms with Crippen molar-refractivity contribution in [3.8, 4) is 11.5 Å². The lowest BCUT2D eigenvalue weighted by Crippen LogP contribution is -2.48. The molecule has 1 aliphatic heterocycles. The van der Waals surface area contributed by atoms with E-state index in [0.29, 0.717) is 0 Å². The molecule has 0 N–H and O–H groups in total. The summed E-state index contributed by atoms with van der Waals surface area (Å²) in [5.41, 5.74) is 2.13. The number of anilines is 1. The Labute approximate surface area is 205 Å². The number of thioether (sulfide) groups is 1. The highest BCUT2D eigenvalue weighted by atomic mass is 35.5. The minimum absolute atomic E-state index is 0. The van der Waals surface area contributed by atoms with Crippen molar-refractivity contribution in [1.29, 1.82) is 0 Å². The molecule has 1 amide bonds. The quantitative estimate of drug-likeness (QED) is 0.424. The molecule has 5 nitrogen and oxygen atoms in total. The number of rotatable bonds is 7. The maximum Gasteiger partial charge on any atom is 0.225 e. The Balaban J connectivity index is 0.00000306. The van der Waals surface area contributed by atoms with Crippen LogP contribution in [0.2, 0.25) is 0 Å². The zero-order chi connectivity index (χ0) is 22.3. The SMILES string of the molecule is CC(=O)N(c1ccc(Oc2ccccc2)cc1)C1CSC(=NCCc2ccccc2)N1C.Cl. The third-order valence-corrected chi connectivity index (χ3v) is 6.47. The number of hydrogen-bond acceptors (Lipinski definition) is 4. The zero-order valence-electron chi connectivity index (χ0n) is 18.8. The molecule has 1 saturated heterocycles. The van der Waals surface area contributed by atoms with Gasteiger partial charge in [0.25, 0.3) is 0 Å². The summed E-state index contributed by atoms with van der Waals surface area (Å²) in [6, 6.07) is 27.7. The molecule has 0 spiro atoms. The minimum atomic E-state index is -0.0751. The number of benzene rings is 3. The van der Waals surface area contributed by atoms with Crippen LogP contribution in [-0.4, -0.2) is 41.5 Å². The summed E-state index contributed by atoms with van der Waals surface area (Å²) in [4.78, 5) is 21.3. The molecule has 33 heavy (non-hydrogen) atoms. The highest BCUT2D eigenvalue weighted by Gasteiger charge is 2.34. The summed E-state index contributed by atoms with van der Waals surface area (Å²) in [7, 11) is 2.01. The molecule has 0 aliphatic carbocycles. The first-order valence-corrected chi connectivity index (χ1v) is 11.7. The van der Waals surface area contributed by atoms with Crippen LogP contribution in [0.15, 0.2) is 89.9 Å². The van der Waals surface area contributed by atoms with E-state index in [9.17, 15) is 4.79 Å². The Morgan fingerprint density at radius 2 is 1.61 bits per heavy atom. The molecule has 172 valence electrons. The van der Waals surface area contributed by atoms with E-state index in [1.165, 1.54) is 5.56 Å². The fourth-order valence-electron chi connectivity index (χ4n) is 3.68. The molecule has 0 aromatic heterocycles. The van der Waals surface area contributed by atoms with Crippen LogP contribution in [0.4, 0.5) is 5.69 Å². The van der Waals surface area contributed by atoms with Crippen LogP contribution < -0.4 is 9.64 Å². The average Bonchev–Trinajstić information content (AvgIpc) is 3.16. The maximum atomic E-state index is 12.6. The van der Waals surface area contributed by atoms with Gasteiger partial charge in [0.05, 0.1) is 0 Å². The lowest BCUT2D eigenvalue weighted by molar-refractivity contribution is -0.117. The van der Waals surface area contributed by atoms with E-state index in [-0.39, 0.29) is 24.5 Å². The number of carbonyl (C=O) groups is 1. The van der Waals surface area contributed by atoms with Crippen LogP contribution in [0.25, 0.3) is 0 Å². The molecule has 1 fully saturated rings. The van der Waals surface area contributed by atoms with Crippen molar-refractivity contribution in [3.63, 3.8) is 0 Å². The smallest absolute Gasteiger partial charge is 0.225 e. The molecule has 1 atom stereocenters. The van der Waals surface area contributed by atoms with Gasteiger partial charge in [0, 0.05) is 32.0 Å². The van der Waals surface area contributed by atoms with Crippen molar-refractivity contribution in [3.05, 3.63) is 90.5 Å². The predicted molar refractivity (Wildman–Crippen MR) is 140 cm³/mol. The lowest BCUT2D eigenvalue weighted by atomic mass is 10.2. The van der Waals surface area contributed by atoms with Crippen LogP contribution >= 0.6 is 24.2 Å². The highest BCUT2D eigenvalue weighted by molar-refractivity contribution is 8.14. The number of ether oxygens (including phenoxy) is 1. The maximum absolute atomic E-state index is 12.6. The fourth-order valence-corrected chi connectivity index (χ4v) is 4.86. The van der Waals surface area contributed by atoms with Gasteiger partial charge >= 0.3 is 0 Å². The predicted octanol–water partition coefficient (Wildman–Crippen LogP) is 5.86. The van der Waals surface area contributed by atoms with Crippen molar-refractivity contribution in [2.45, 2.75) is 19.5 Å². The molecule has 4 rings (SSSR count). The van der Waals surface area contributed by atoms with Crippen molar-refractivity contribution in [2.24, 2.45) is 4.99 Å². The molecule has 0 bridgehead atoms. The summed E-state index contributed by atoms with van der Waals surface area (Å²) in [5.74, 6) is 2.31. The number of halogens is 1. The van der Waals surface area contributed by atoms with Gasteiger partial charge in [-0.2, -0.15) is 0 Å². The van der Waals surface area contributed by atoms with E-state index in [1.54, 1.807) is 18.7 Å². The van der Waals surface area contributed by atoms with Crippen molar-refractivity contribution < 1.29 is 9.53 Å². The Morgan fingerprint density at radius 1 is 1.00 bits per heavy atom.